The maximum absolute atomic E-state index is 9.28. The maximum Gasteiger partial charge on any atom is 0.148 e. The van der Waals surface area contributed by atoms with Crippen molar-refractivity contribution in [3.63, 3.8) is 0 Å². The van der Waals surface area contributed by atoms with Crippen LogP contribution in [0.15, 0.2) is 30.3 Å². The summed E-state index contributed by atoms with van der Waals surface area (Å²) in [6.45, 7) is 2.14. The highest BCUT2D eigenvalue weighted by atomic mass is 15.0. The lowest BCUT2D eigenvalue weighted by molar-refractivity contribution is 0.900. The minimum absolute atomic E-state index is 0.630. The molecule has 0 bridgehead atoms. The topological polar surface area (TPSA) is 48.7 Å². The molecule has 0 radical (unpaired) electrons. The van der Waals surface area contributed by atoms with Gasteiger partial charge in [-0.3, -0.25) is 0 Å². The van der Waals surface area contributed by atoms with E-state index < -0.39 is 0 Å². The summed E-state index contributed by atoms with van der Waals surface area (Å²) in [5.74, 6) is 0.678. The van der Waals surface area contributed by atoms with Crippen molar-refractivity contribution in [3.05, 3.63) is 52.7 Å². The summed E-state index contributed by atoms with van der Waals surface area (Å²) in [6, 6.07) is 12.5. The molecule has 0 saturated carbocycles. The van der Waals surface area contributed by atoms with Crippen molar-refractivity contribution in [2.75, 3.05) is 5.32 Å². The van der Waals surface area contributed by atoms with E-state index in [9.17, 15) is 5.26 Å². The van der Waals surface area contributed by atoms with Crippen LogP contribution in [0.2, 0.25) is 0 Å². The first kappa shape index (κ1) is 12.7. The number of nitriles is 1. The molecule has 0 aliphatic heterocycles. The summed E-state index contributed by atoms with van der Waals surface area (Å²) in [7, 11) is 0. The fourth-order valence-electron chi connectivity index (χ4n) is 2.61. The summed E-state index contributed by atoms with van der Waals surface area (Å²) in [5, 5.41) is 12.6. The van der Waals surface area contributed by atoms with E-state index >= 15 is 0 Å². The second-order valence-electron chi connectivity index (χ2n) is 5.13. The highest BCUT2D eigenvalue weighted by Gasteiger charge is 2.16. The number of benzene rings is 1. The molecular formula is C17H17N3. The number of nitrogens with one attached hydrogen (secondary N) is 1. The summed E-state index contributed by atoms with van der Waals surface area (Å²) in [4.78, 5) is 4.63. The maximum atomic E-state index is 9.28. The van der Waals surface area contributed by atoms with Crippen LogP contribution in [0, 0.1) is 11.3 Å². The number of fused-ring (bicyclic) bond motifs is 1. The first-order valence-corrected chi connectivity index (χ1v) is 7.09. The molecule has 0 amide bonds. The van der Waals surface area contributed by atoms with Crippen LogP contribution in [0.4, 0.5) is 11.5 Å². The van der Waals surface area contributed by atoms with E-state index in [0.29, 0.717) is 11.4 Å². The van der Waals surface area contributed by atoms with Gasteiger partial charge in [0.05, 0.1) is 5.56 Å². The van der Waals surface area contributed by atoms with Gasteiger partial charge in [-0.1, -0.05) is 19.1 Å². The Balaban J connectivity index is 1.91. The monoisotopic (exact) mass is 263 g/mol. The van der Waals surface area contributed by atoms with Crippen LogP contribution in [0.1, 0.15) is 35.7 Å². The van der Waals surface area contributed by atoms with Crippen LogP contribution < -0.4 is 5.32 Å². The van der Waals surface area contributed by atoms with Crippen molar-refractivity contribution in [1.82, 2.24) is 4.98 Å². The summed E-state index contributed by atoms with van der Waals surface area (Å²) in [5.41, 5.74) is 5.28. The van der Waals surface area contributed by atoms with E-state index in [2.05, 4.69) is 35.4 Å². The normalized spacial score (nSPS) is 12.8. The Morgan fingerprint density at radius 1 is 1.25 bits per heavy atom. The molecule has 1 aliphatic carbocycles. The number of anilines is 2. The van der Waals surface area contributed by atoms with Crippen molar-refractivity contribution in [3.8, 4) is 6.07 Å². The Morgan fingerprint density at radius 2 is 2.05 bits per heavy atom. The number of pyridine rings is 1. The molecule has 1 aromatic heterocycles. The Kier molecular flexibility index (Phi) is 3.39. The molecule has 1 aromatic carbocycles. The first-order valence-electron chi connectivity index (χ1n) is 7.09. The van der Waals surface area contributed by atoms with Gasteiger partial charge >= 0.3 is 0 Å². The lowest BCUT2D eigenvalue weighted by Crippen LogP contribution is -2.01. The predicted octanol–water partition coefficient (Wildman–Crippen LogP) is 3.75. The number of aromatic nitrogens is 1. The van der Waals surface area contributed by atoms with E-state index in [1.165, 1.54) is 11.1 Å². The van der Waals surface area contributed by atoms with Crippen molar-refractivity contribution < 1.29 is 0 Å². The molecule has 0 unspecified atom stereocenters. The number of hydrogen-bond acceptors (Lipinski definition) is 3. The molecular weight excluding hydrogens is 246 g/mol. The van der Waals surface area contributed by atoms with Gasteiger partial charge in [0.1, 0.15) is 11.9 Å². The Labute approximate surface area is 119 Å². The molecule has 0 atom stereocenters. The molecule has 1 N–H and O–H groups in total. The van der Waals surface area contributed by atoms with E-state index in [1.54, 1.807) is 0 Å². The van der Waals surface area contributed by atoms with Gasteiger partial charge in [-0.25, -0.2) is 4.98 Å². The fourth-order valence-corrected chi connectivity index (χ4v) is 2.61. The molecule has 20 heavy (non-hydrogen) atoms. The molecule has 1 heterocycles. The van der Waals surface area contributed by atoms with E-state index in [4.69, 9.17) is 0 Å². The number of aryl methyl sites for hydroxylation is 3. The van der Waals surface area contributed by atoms with Crippen LogP contribution in [-0.2, 0) is 19.3 Å². The van der Waals surface area contributed by atoms with E-state index in [0.717, 1.165) is 37.1 Å². The fraction of sp³-hybridized carbons (Fsp3) is 0.294. The Hall–Kier alpha value is -2.34. The van der Waals surface area contributed by atoms with Crippen molar-refractivity contribution in [1.29, 1.82) is 5.26 Å². The average molecular weight is 263 g/mol. The van der Waals surface area contributed by atoms with E-state index in [-0.39, 0.29) is 0 Å². The van der Waals surface area contributed by atoms with Gasteiger partial charge in [-0.05, 0) is 55.0 Å². The van der Waals surface area contributed by atoms with Gasteiger partial charge in [0.2, 0.25) is 0 Å². The zero-order valence-electron chi connectivity index (χ0n) is 11.6. The van der Waals surface area contributed by atoms with Crippen molar-refractivity contribution in [2.45, 2.75) is 32.6 Å². The minimum atomic E-state index is 0.630. The molecule has 1 aliphatic rings. The molecule has 0 saturated heterocycles. The van der Waals surface area contributed by atoms with Crippen molar-refractivity contribution in [2.24, 2.45) is 0 Å². The summed E-state index contributed by atoms with van der Waals surface area (Å²) < 4.78 is 0. The molecule has 3 nitrogen and oxygen atoms in total. The highest BCUT2D eigenvalue weighted by molar-refractivity contribution is 5.64. The lowest BCUT2D eigenvalue weighted by atomic mass is 10.1. The second kappa shape index (κ2) is 5.34. The molecule has 0 fully saturated rings. The van der Waals surface area contributed by atoms with Crippen LogP contribution in [0.25, 0.3) is 0 Å². The van der Waals surface area contributed by atoms with Gasteiger partial charge < -0.3 is 5.32 Å². The largest absolute Gasteiger partial charge is 0.339 e. The predicted molar refractivity (Wildman–Crippen MR) is 80.1 cm³/mol. The van der Waals surface area contributed by atoms with Crippen LogP contribution in [0.5, 0.6) is 0 Å². The molecule has 2 aromatic rings. The standard InChI is InChI=1S/C17H17N3/c1-2-12-6-8-15(9-7-12)19-17-14(11-18)10-13-4-3-5-16(13)20-17/h6-10H,2-5H2,1H3,(H,19,20). The third-order valence-corrected chi connectivity index (χ3v) is 3.80. The summed E-state index contributed by atoms with van der Waals surface area (Å²) in [6.07, 6.45) is 4.23. The number of nitrogens with zero attached hydrogens (tertiary/aromatic N) is 2. The zero-order chi connectivity index (χ0) is 13.9. The first-order chi connectivity index (χ1) is 9.80. The summed E-state index contributed by atoms with van der Waals surface area (Å²) >= 11 is 0. The Morgan fingerprint density at radius 3 is 2.75 bits per heavy atom. The van der Waals surface area contributed by atoms with Gasteiger partial charge in [0.15, 0.2) is 0 Å². The molecule has 100 valence electrons. The average Bonchev–Trinajstić information content (AvgIpc) is 2.94. The highest BCUT2D eigenvalue weighted by Crippen LogP contribution is 2.26. The third kappa shape index (κ3) is 2.37. The SMILES string of the molecule is CCc1ccc(Nc2nc3c(cc2C#N)CCC3)cc1. The van der Waals surface area contributed by atoms with Gasteiger partial charge in [-0.2, -0.15) is 5.26 Å². The van der Waals surface area contributed by atoms with Crippen LogP contribution in [-0.4, -0.2) is 4.98 Å². The number of hydrogen-bond donors (Lipinski definition) is 1. The third-order valence-electron chi connectivity index (χ3n) is 3.80. The van der Waals surface area contributed by atoms with Gasteiger partial charge in [-0.15, -0.1) is 0 Å². The lowest BCUT2D eigenvalue weighted by Gasteiger charge is -2.10. The molecule has 3 rings (SSSR count). The minimum Gasteiger partial charge on any atom is -0.339 e. The van der Waals surface area contributed by atoms with Crippen LogP contribution in [0.3, 0.4) is 0 Å². The van der Waals surface area contributed by atoms with Crippen LogP contribution >= 0.6 is 0 Å². The quantitative estimate of drug-likeness (QED) is 0.917. The van der Waals surface area contributed by atoms with Gasteiger partial charge in [0, 0.05) is 11.4 Å². The number of rotatable bonds is 3. The zero-order valence-corrected chi connectivity index (χ0v) is 11.6. The molecule has 3 heteroatoms. The second-order valence-corrected chi connectivity index (χ2v) is 5.13. The molecule has 0 spiro atoms. The van der Waals surface area contributed by atoms with Crippen molar-refractivity contribution >= 4 is 11.5 Å². The van der Waals surface area contributed by atoms with E-state index in [1.807, 2.05) is 18.2 Å². The Bertz CT molecular complexity index is 666. The van der Waals surface area contributed by atoms with Gasteiger partial charge in [0.25, 0.3) is 0 Å². The smallest absolute Gasteiger partial charge is 0.148 e.